The van der Waals surface area contributed by atoms with E-state index in [0.717, 1.165) is 12.0 Å². The maximum atomic E-state index is 13.1. The molecule has 1 heterocycles. The van der Waals surface area contributed by atoms with E-state index < -0.39 is 12.7 Å². The van der Waals surface area contributed by atoms with E-state index in [1.165, 1.54) is 11.0 Å². The minimum atomic E-state index is -4.12. The molecule has 1 aliphatic heterocycles. The van der Waals surface area contributed by atoms with E-state index in [9.17, 15) is 17.6 Å². The average Bonchev–Trinajstić information content (AvgIpc) is 2.79. The highest BCUT2D eigenvalue weighted by Gasteiger charge is 2.34. The van der Waals surface area contributed by atoms with Crippen molar-refractivity contribution in [1.82, 2.24) is 10.2 Å². The summed E-state index contributed by atoms with van der Waals surface area (Å²) in [4.78, 5) is 1.45. The number of rotatable bonds is 5. The highest BCUT2D eigenvalue weighted by atomic mass is 19.4. The fraction of sp³-hybridized carbons (Fsp3) is 0.600. The van der Waals surface area contributed by atoms with Gasteiger partial charge in [0.1, 0.15) is 5.82 Å². The van der Waals surface area contributed by atoms with Crippen molar-refractivity contribution in [3.8, 4) is 0 Å². The Morgan fingerprint density at radius 3 is 2.76 bits per heavy atom. The Hall–Kier alpha value is -1.14. The molecule has 0 bridgehead atoms. The first-order valence-electron chi connectivity index (χ1n) is 7.08. The van der Waals surface area contributed by atoms with Crippen LogP contribution in [-0.4, -0.2) is 37.3 Å². The molecule has 2 nitrogen and oxygen atoms in total. The second kappa shape index (κ2) is 6.75. The summed E-state index contributed by atoms with van der Waals surface area (Å²) in [6.07, 6.45) is -3.33. The number of benzene rings is 1. The fourth-order valence-electron chi connectivity index (χ4n) is 2.71. The molecule has 6 heteroatoms. The predicted octanol–water partition coefficient (Wildman–Crippen LogP) is 3.11. The molecule has 2 rings (SSSR count). The van der Waals surface area contributed by atoms with Crippen molar-refractivity contribution in [3.05, 3.63) is 35.1 Å². The van der Waals surface area contributed by atoms with Crippen LogP contribution in [0.25, 0.3) is 0 Å². The van der Waals surface area contributed by atoms with Gasteiger partial charge in [-0.25, -0.2) is 4.39 Å². The largest absolute Gasteiger partial charge is 0.401 e. The first-order chi connectivity index (χ1) is 9.83. The van der Waals surface area contributed by atoms with Gasteiger partial charge < -0.3 is 5.32 Å². The summed E-state index contributed by atoms with van der Waals surface area (Å²) in [6, 6.07) is 4.94. The van der Waals surface area contributed by atoms with Crippen molar-refractivity contribution < 1.29 is 17.6 Å². The molecule has 0 saturated carbocycles. The van der Waals surface area contributed by atoms with Crippen LogP contribution in [0.4, 0.5) is 17.6 Å². The van der Waals surface area contributed by atoms with Crippen molar-refractivity contribution in [2.45, 2.75) is 26.1 Å². The van der Waals surface area contributed by atoms with E-state index >= 15 is 0 Å². The lowest BCUT2D eigenvalue weighted by atomic mass is 10.1. The van der Waals surface area contributed by atoms with Crippen molar-refractivity contribution in [3.63, 3.8) is 0 Å². The van der Waals surface area contributed by atoms with E-state index in [-0.39, 0.29) is 11.7 Å². The highest BCUT2D eigenvalue weighted by Crippen LogP contribution is 2.22. The first-order valence-corrected chi connectivity index (χ1v) is 7.08. The molecule has 21 heavy (non-hydrogen) atoms. The van der Waals surface area contributed by atoms with Crippen LogP contribution >= 0.6 is 0 Å². The molecule has 1 aromatic rings. The van der Waals surface area contributed by atoms with E-state index in [4.69, 9.17) is 0 Å². The Morgan fingerprint density at radius 2 is 2.10 bits per heavy atom. The molecule has 1 aromatic carbocycles. The number of nitrogens with one attached hydrogen (secondary N) is 1. The molecule has 0 spiro atoms. The lowest BCUT2D eigenvalue weighted by Crippen LogP contribution is -2.33. The summed E-state index contributed by atoms with van der Waals surface area (Å²) in [5.74, 6) is 0.0197. The van der Waals surface area contributed by atoms with Gasteiger partial charge >= 0.3 is 6.18 Å². The maximum absolute atomic E-state index is 13.1. The van der Waals surface area contributed by atoms with Crippen LogP contribution < -0.4 is 5.32 Å². The van der Waals surface area contributed by atoms with Gasteiger partial charge in [-0.15, -0.1) is 0 Å². The fourth-order valence-corrected chi connectivity index (χ4v) is 2.71. The number of hydrogen-bond acceptors (Lipinski definition) is 2. The van der Waals surface area contributed by atoms with Crippen molar-refractivity contribution in [2.75, 3.05) is 26.2 Å². The number of halogens is 4. The van der Waals surface area contributed by atoms with E-state index in [0.29, 0.717) is 31.7 Å². The van der Waals surface area contributed by atoms with Gasteiger partial charge in [0.25, 0.3) is 0 Å². The third kappa shape index (κ3) is 5.28. The lowest BCUT2D eigenvalue weighted by molar-refractivity contribution is -0.143. The Kier molecular flexibility index (Phi) is 5.22. The van der Waals surface area contributed by atoms with Crippen molar-refractivity contribution >= 4 is 0 Å². The molecular weight excluding hydrogens is 284 g/mol. The molecule has 0 unspecified atom stereocenters. The van der Waals surface area contributed by atoms with Crippen molar-refractivity contribution in [1.29, 1.82) is 0 Å². The normalized spacial score (nSPS) is 20.1. The number of aryl methyl sites for hydroxylation is 1. The van der Waals surface area contributed by atoms with Crippen LogP contribution in [0.3, 0.4) is 0 Å². The van der Waals surface area contributed by atoms with E-state index in [1.807, 2.05) is 0 Å². The summed E-state index contributed by atoms with van der Waals surface area (Å²) in [5, 5.41) is 3.24. The molecule has 0 aromatic heterocycles. The van der Waals surface area contributed by atoms with E-state index in [2.05, 4.69) is 5.32 Å². The Labute approximate surface area is 122 Å². The van der Waals surface area contributed by atoms with Crippen LogP contribution in [-0.2, 0) is 6.54 Å². The van der Waals surface area contributed by atoms with Gasteiger partial charge in [0.05, 0.1) is 6.54 Å². The maximum Gasteiger partial charge on any atom is 0.401 e. The smallest absolute Gasteiger partial charge is 0.312 e. The molecule has 1 N–H and O–H groups in total. The Morgan fingerprint density at radius 1 is 1.33 bits per heavy atom. The van der Waals surface area contributed by atoms with Crippen LogP contribution in [0.15, 0.2) is 18.2 Å². The first kappa shape index (κ1) is 16.2. The van der Waals surface area contributed by atoms with Crippen LogP contribution in [0.5, 0.6) is 0 Å². The quantitative estimate of drug-likeness (QED) is 0.841. The number of hydrogen-bond donors (Lipinski definition) is 1. The third-order valence-corrected chi connectivity index (χ3v) is 3.76. The monoisotopic (exact) mass is 304 g/mol. The highest BCUT2D eigenvalue weighted by molar-refractivity contribution is 5.23. The van der Waals surface area contributed by atoms with Gasteiger partial charge in [-0.3, -0.25) is 4.90 Å². The predicted molar refractivity (Wildman–Crippen MR) is 73.4 cm³/mol. The standard InChI is InChI=1S/C15H20F4N2/c1-11-6-12(2-3-14(11)16)7-20-8-13-4-5-21(9-13)10-15(17,18)19/h2-3,6,13,20H,4-5,7-10H2,1H3/t13-/m0/s1. The summed E-state index contributed by atoms with van der Waals surface area (Å²) in [5.41, 5.74) is 1.59. The number of nitrogens with zero attached hydrogens (tertiary/aromatic N) is 1. The lowest BCUT2D eigenvalue weighted by Gasteiger charge is -2.18. The zero-order chi connectivity index (χ0) is 15.5. The summed E-state index contributed by atoms with van der Waals surface area (Å²) in [6.45, 7) is 3.17. The SMILES string of the molecule is Cc1cc(CNC[C@@H]2CCN(CC(F)(F)F)C2)ccc1F. The topological polar surface area (TPSA) is 15.3 Å². The van der Waals surface area contributed by atoms with Gasteiger partial charge in [-0.2, -0.15) is 13.2 Å². The molecule has 0 amide bonds. The van der Waals surface area contributed by atoms with E-state index in [1.54, 1.807) is 19.1 Å². The molecule has 1 fully saturated rings. The molecule has 118 valence electrons. The number of alkyl halides is 3. The Balaban J connectivity index is 1.71. The molecule has 1 aliphatic rings. The summed E-state index contributed by atoms with van der Waals surface area (Å²) < 4.78 is 50.0. The Bertz CT molecular complexity index is 473. The molecule has 1 saturated heterocycles. The van der Waals surface area contributed by atoms with Crippen LogP contribution in [0, 0.1) is 18.7 Å². The zero-order valence-corrected chi connectivity index (χ0v) is 12.0. The van der Waals surface area contributed by atoms with Crippen molar-refractivity contribution in [2.24, 2.45) is 5.92 Å². The molecular formula is C15H20F4N2. The minimum Gasteiger partial charge on any atom is -0.312 e. The van der Waals surface area contributed by atoms with Crippen LogP contribution in [0.2, 0.25) is 0 Å². The average molecular weight is 304 g/mol. The minimum absolute atomic E-state index is 0.225. The van der Waals surface area contributed by atoms with Gasteiger partial charge in [0.2, 0.25) is 0 Å². The zero-order valence-electron chi connectivity index (χ0n) is 12.0. The number of likely N-dealkylation sites (tertiary alicyclic amines) is 1. The molecule has 1 atom stereocenters. The van der Waals surface area contributed by atoms with Gasteiger partial charge in [0.15, 0.2) is 0 Å². The van der Waals surface area contributed by atoms with Gasteiger partial charge in [-0.05, 0) is 49.5 Å². The molecule has 0 aliphatic carbocycles. The van der Waals surface area contributed by atoms with Crippen LogP contribution in [0.1, 0.15) is 17.5 Å². The summed E-state index contributed by atoms with van der Waals surface area (Å²) >= 11 is 0. The van der Waals surface area contributed by atoms with Gasteiger partial charge in [-0.1, -0.05) is 12.1 Å². The second-order valence-electron chi connectivity index (χ2n) is 5.72. The third-order valence-electron chi connectivity index (χ3n) is 3.76. The second-order valence-corrected chi connectivity index (χ2v) is 5.72. The molecule has 0 radical (unpaired) electrons. The van der Waals surface area contributed by atoms with Gasteiger partial charge in [0, 0.05) is 13.1 Å². The summed E-state index contributed by atoms with van der Waals surface area (Å²) in [7, 11) is 0.